The minimum absolute atomic E-state index is 0.0356. The van der Waals surface area contributed by atoms with E-state index in [9.17, 15) is 4.79 Å². The van der Waals surface area contributed by atoms with E-state index in [2.05, 4.69) is 15.6 Å². The Hall–Kier alpha value is -2.56. The number of hydrogen-bond donors (Lipinski definition) is 2. The average Bonchev–Trinajstić information content (AvgIpc) is 2.50. The Morgan fingerprint density at radius 1 is 1.09 bits per heavy atom. The first-order valence-electron chi connectivity index (χ1n) is 7.66. The first-order chi connectivity index (χ1) is 10.9. The molecule has 0 radical (unpaired) electrons. The maximum absolute atomic E-state index is 11.9. The third kappa shape index (κ3) is 4.98. The third-order valence-corrected chi connectivity index (χ3v) is 3.14. The number of anilines is 3. The summed E-state index contributed by atoms with van der Waals surface area (Å²) in [6.07, 6.45) is 1.64. The summed E-state index contributed by atoms with van der Waals surface area (Å²) in [7, 11) is 0. The number of carbonyl (C=O) groups excluding carboxylic acids is 1. The summed E-state index contributed by atoms with van der Waals surface area (Å²) in [5.41, 5.74) is 1.17. The van der Waals surface area contributed by atoms with Gasteiger partial charge in [0.05, 0.1) is 18.5 Å². The van der Waals surface area contributed by atoms with Gasteiger partial charge in [-0.1, -0.05) is 20.8 Å². The molecular formula is C18H23N3O2. The Morgan fingerprint density at radius 3 is 2.26 bits per heavy atom. The number of pyridine rings is 1. The van der Waals surface area contributed by atoms with Gasteiger partial charge in [0.2, 0.25) is 5.91 Å². The molecule has 1 amide bonds. The zero-order valence-electron chi connectivity index (χ0n) is 14.0. The average molecular weight is 313 g/mol. The molecule has 122 valence electrons. The van der Waals surface area contributed by atoms with Crippen molar-refractivity contribution >= 4 is 23.1 Å². The van der Waals surface area contributed by atoms with Crippen molar-refractivity contribution in [1.82, 2.24) is 4.98 Å². The second kappa shape index (κ2) is 7.13. The number of aromatic nitrogens is 1. The fourth-order valence-electron chi connectivity index (χ4n) is 1.81. The molecule has 5 nitrogen and oxygen atoms in total. The van der Waals surface area contributed by atoms with E-state index in [4.69, 9.17) is 4.74 Å². The summed E-state index contributed by atoms with van der Waals surface area (Å²) >= 11 is 0. The standard InChI is InChI=1S/C18H23N3O2/c1-5-23-15-9-6-13(7-10-15)20-16-11-8-14(12-19-16)21-17(22)18(2,3)4/h6-12H,5H2,1-4H3,(H,19,20)(H,21,22). The van der Waals surface area contributed by atoms with Crippen LogP contribution in [0.25, 0.3) is 0 Å². The number of nitrogens with zero attached hydrogens (tertiary/aromatic N) is 1. The molecule has 0 aliphatic heterocycles. The molecule has 0 aliphatic rings. The molecule has 2 N–H and O–H groups in total. The fraction of sp³-hybridized carbons (Fsp3) is 0.333. The number of rotatable bonds is 5. The Labute approximate surface area is 137 Å². The highest BCUT2D eigenvalue weighted by Gasteiger charge is 2.21. The van der Waals surface area contributed by atoms with Crippen LogP contribution in [0, 0.1) is 5.41 Å². The summed E-state index contributed by atoms with van der Waals surface area (Å²) in [6.45, 7) is 8.22. The Kier molecular flexibility index (Phi) is 5.21. The van der Waals surface area contributed by atoms with Crippen molar-refractivity contribution in [3.05, 3.63) is 42.6 Å². The van der Waals surface area contributed by atoms with E-state index in [1.807, 2.05) is 64.1 Å². The number of benzene rings is 1. The van der Waals surface area contributed by atoms with Crippen LogP contribution in [-0.4, -0.2) is 17.5 Å². The van der Waals surface area contributed by atoms with Crippen LogP contribution in [0.1, 0.15) is 27.7 Å². The van der Waals surface area contributed by atoms with Crippen molar-refractivity contribution in [1.29, 1.82) is 0 Å². The second-order valence-corrected chi connectivity index (χ2v) is 6.22. The van der Waals surface area contributed by atoms with E-state index >= 15 is 0 Å². The van der Waals surface area contributed by atoms with E-state index in [1.165, 1.54) is 0 Å². The van der Waals surface area contributed by atoms with Gasteiger partial charge in [-0.25, -0.2) is 4.98 Å². The van der Waals surface area contributed by atoms with Gasteiger partial charge in [-0.05, 0) is 43.3 Å². The fourth-order valence-corrected chi connectivity index (χ4v) is 1.81. The molecule has 23 heavy (non-hydrogen) atoms. The van der Waals surface area contributed by atoms with Crippen molar-refractivity contribution in [3.8, 4) is 5.75 Å². The molecule has 0 unspecified atom stereocenters. The van der Waals surface area contributed by atoms with E-state index in [1.54, 1.807) is 6.20 Å². The Bertz CT molecular complexity index is 643. The molecule has 0 atom stereocenters. The lowest BCUT2D eigenvalue weighted by atomic mass is 9.96. The smallest absolute Gasteiger partial charge is 0.229 e. The van der Waals surface area contributed by atoms with Crippen LogP contribution >= 0.6 is 0 Å². The summed E-state index contributed by atoms with van der Waals surface area (Å²) in [5, 5.41) is 6.05. The van der Waals surface area contributed by atoms with Gasteiger partial charge >= 0.3 is 0 Å². The van der Waals surface area contributed by atoms with Gasteiger partial charge in [0.25, 0.3) is 0 Å². The predicted octanol–water partition coefficient (Wildman–Crippen LogP) is 4.21. The van der Waals surface area contributed by atoms with Crippen molar-refractivity contribution in [2.24, 2.45) is 5.41 Å². The van der Waals surface area contributed by atoms with Crippen molar-refractivity contribution in [2.75, 3.05) is 17.2 Å². The molecule has 0 fully saturated rings. The summed E-state index contributed by atoms with van der Waals surface area (Å²) in [6, 6.07) is 11.3. The molecule has 2 aromatic rings. The van der Waals surface area contributed by atoms with Gasteiger partial charge in [0.1, 0.15) is 11.6 Å². The highest BCUT2D eigenvalue weighted by Crippen LogP contribution is 2.21. The number of amides is 1. The van der Waals surface area contributed by atoms with Crippen LogP contribution in [0.4, 0.5) is 17.2 Å². The Balaban J connectivity index is 1.98. The topological polar surface area (TPSA) is 63.2 Å². The van der Waals surface area contributed by atoms with Gasteiger partial charge in [0.15, 0.2) is 0 Å². The van der Waals surface area contributed by atoms with Crippen molar-refractivity contribution in [2.45, 2.75) is 27.7 Å². The van der Waals surface area contributed by atoms with Crippen molar-refractivity contribution in [3.63, 3.8) is 0 Å². The Morgan fingerprint density at radius 2 is 1.74 bits per heavy atom. The normalized spacial score (nSPS) is 11.0. The number of nitrogens with one attached hydrogen (secondary N) is 2. The van der Waals surface area contributed by atoms with Crippen LogP contribution < -0.4 is 15.4 Å². The lowest BCUT2D eigenvalue weighted by Crippen LogP contribution is -2.27. The highest BCUT2D eigenvalue weighted by molar-refractivity contribution is 5.94. The number of ether oxygens (including phenoxy) is 1. The monoisotopic (exact) mass is 313 g/mol. The molecule has 5 heteroatoms. The van der Waals surface area contributed by atoms with E-state index < -0.39 is 5.41 Å². The molecular weight excluding hydrogens is 290 g/mol. The zero-order valence-corrected chi connectivity index (χ0v) is 14.0. The van der Waals surface area contributed by atoms with Crippen LogP contribution in [0.5, 0.6) is 5.75 Å². The minimum atomic E-state index is -0.431. The molecule has 1 heterocycles. The van der Waals surface area contributed by atoms with Gasteiger partial charge in [-0.3, -0.25) is 4.79 Å². The maximum atomic E-state index is 11.9. The van der Waals surface area contributed by atoms with E-state index in [0.717, 1.165) is 11.4 Å². The molecule has 0 spiro atoms. The molecule has 0 saturated heterocycles. The first-order valence-corrected chi connectivity index (χ1v) is 7.66. The zero-order chi connectivity index (χ0) is 16.9. The van der Waals surface area contributed by atoms with Gasteiger partial charge in [-0.15, -0.1) is 0 Å². The SMILES string of the molecule is CCOc1ccc(Nc2ccc(NC(=O)C(C)(C)C)cn2)cc1. The van der Waals surface area contributed by atoms with Crippen LogP contribution in [0.2, 0.25) is 0 Å². The second-order valence-electron chi connectivity index (χ2n) is 6.22. The molecule has 0 bridgehead atoms. The van der Waals surface area contributed by atoms with E-state index in [-0.39, 0.29) is 5.91 Å². The molecule has 1 aromatic carbocycles. The van der Waals surface area contributed by atoms with Crippen molar-refractivity contribution < 1.29 is 9.53 Å². The van der Waals surface area contributed by atoms with Crippen LogP contribution in [0.15, 0.2) is 42.6 Å². The summed E-state index contributed by atoms with van der Waals surface area (Å²) in [5.74, 6) is 1.51. The molecule has 1 aromatic heterocycles. The lowest BCUT2D eigenvalue weighted by Gasteiger charge is -2.17. The maximum Gasteiger partial charge on any atom is 0.229 e. The lowest BCUT2D eigenvalue weighted by molar-refractivity contribution is -0.123. The summed E-state index contributed by atoms with van der Waals surface area (Å²) < 4.78 is 5.41. The molecule has 2 rings (SSSR count). The predicted molar refractivity (Wildman–Crippen MR) is 93.2 cm³/mol. The van der Waals surface area contributed by atoms with Gasteiger partial charge < -0.3 is 15.4 Å². The van der Waals surface area contributed by atoms with Crippen LogP contribution in [-0.2, 0) is 4.79 Å². The van der Waals surface area contributed by atoms with E-state index in [0.29, 0.717) is 18.1 Å². The third-order valence-electron chi connectivity index (χ3n) is 3.14. The largest absolute Gasteiger partial charge is 0.494 e. The van der Waals surface area contributed by atoms with Crippen LogP contribution in [0.3, 0.4) is 0 Å². The summed E-state index contributed by atoms with van der Waals surface area (Å²) in [4.78, 5) is 16.2. The minimum Gasteiger partial charge on any atom is -0.494 e. The molecule has 0 aliphatic carbocycles. The highest BCUT2D eigenvalue weighted by atomic mass is 16.5. The molecule has 0 saturated carbocycles. The number of hydrogen-bond acceptors (Lipinski definition) is 4. The number of carbonyl (C=O) groups is 1. The van der Waals surface area contributed by atoms with Gasteiger partial charge in [-0.2, -0.15) is 0 Å². The van der Waals surface area contributed by atoms with Gasteiger partial charge in [0, 0.05) is 11.1 Å². The first kappa shape index (κ1) is 16.8. The quantitative estimate of drug-likeness (QED) is 0.868.